The molecule has 0 spiro atoms. The third-order valence-corrected chi connectivity index (χ3v) is 6.61. The summed E-state index contributed by atoms with van der Waals surface area (Å²) in [5.41, 5.74) is 8.44. The molecule has 3 aromatic rings. The minimum atomic E-state index is 0.0692. The zero-order valence-electron chi connectivity index (χ0n) is 16.3. The van der Waals surface area contributed by atoms with Crippen LogP contribution in [0.15, 0.2) is 60.9 Å². The molecule has 0 atom stereocenters. The van der Waals surface area contributed by atoms with Crippen LogP contribution in [0.2, 0.25) is 0 Å². The predicted octanol–water partition coefficient (Wildman–Crippen LogP) is 4.79. The Morgan fingerprint density at radius 1 is 1.07 bits per heavy atom. The van der Waals surface area contributed by atoms with E-state index in [1.54, 1.807) is 23.7 Å². The van der Waals surface area contributed by atoms with Gasteiger partial charge in [0.1, 0.15) is 0 Å². The van der Waals surface area contributed by atoms with Crippen molar-refractivity contribution in [3.8, 4) is 0 Å². The highest BCUT2D eigenvalue weighted by molar-refractivity contribution is 7.12. The van der Waals surface area contributed by atoms with Crippen LogP contribution in [0, 0.1) is 0 Å². The van der Waals surface area contributed by atoms with E-state index in [2.05, 4.69) is 17.1 Å². The number of thiophene rings is 1. The van der Waals surface area contributed by atoms with E-state index in [1.807, 2.05) is 53.5 Å². The molecule has 4 nitrogen and oxygen atoms in total. The predicted molar refractivity (Wildman–Crippen MR) is 120 cm³/mol. The fourth-order valence-corrected chi connectivity index (χ4v) is 4.76. The van der Waals surface area contributed by atoms with Gasteiger partial charge in [-0.05, 0) is 48.1 Å². The summed E-state index contributed by atoms with van der Waals surface area (Å²) in [6, 6.07) is 16.4. The number of nitrogens with two attached hydrogens (primary N) is 1. The van der Waals surface area contributed by atoms with E-state index in [0.717, 1.165) is 37.1 Å². The summed E-state index contributed by atoms with van der Waals surface area (Å²) < 4.78 is 0. The van der Waals surface area contributed by atoms with Gasteiger partial charge in [0, 0.05) is 41.8 Å². The molecule has 1 saturated heterocycles. The number of rotatable bonds is 5. The van der Waals surface area contributed by atoms with Gasteiger partial charge in [0.15, 0.2) is 0 Å². The number of carbonyl (C=O) groups is 1. The molecule has 2 aromatic heterocycles. The van der Waals surface area contributed by atoms with E-state index >= 15 is 0 Å². The molecule has 0 aliphatic carbocycles. The summed E-state index contributed by atoms with van der Waals surface area (Å²) in [6.07, 6.45) is 9.48. The number of hydrogen-bond donors (Lipinski definition) is 1. The van der Waals surface area contributed by atoms with Crippen molar-refractivity contribution in [1.29, 1.82) is 0 Å². The van der Waals surface area contributed by atoms with Crippen molar-refractivity contribution in [2.45, 2.75) is 25.3 Å². The molecule has 1 aliphatic rings. The summed E-state index contributed by atoms with van der Waals surface area (Å²) >= 11 is 1.80. The lowest BCUT2D eigenvalue weighted by atomic mass is 9.95. The second-order valence-corrected chi connectivity index (χ2v) is 8.53. The van der Waals surface area contributed by atoms with Crippen molar-refractivity contribution in [3.63, 3.8) is 0 Å². The van der Waals surface area contributed by atoms with E-state index in [0.29, 0.717) is 18.0 Å². The molecule has 2 N–H and O–H groups in total. The van der Waals surface area contributed by atoms with Crippen molar-refractivity contribution in [3.05, 3.63) is 87.4 Å². The lowest BCUT2D eigenvalue weighted by Crippen LogP contribution is -2.37. The van der Waals surface area contributed by atoms with Gasteiger partial charge in [-0.15, -0.1) is 11.3 Å². The molecular formula is C24H25N3OS. The van der Waals surface area contributed by atoms with E-state index < -0.39 is 0 Å². The zero-order valence-corrected chi connectivity index (χ0v) is 17.1. The summed E-state index contributed by atoms with van der Waals surface area (Å²) in [7, 11) is 0. The maximum atomic E-state index is 13.0. The van der Waals surface area contributed by atoms with Crippen molar-refractivity contribution in [2.24, 2.45) is 5.73 Å². The summed E-state index contributed by atoms with van der Waals surface area (Å²) in [5.74, 6) is 0.599. The fourth-order valence-electron chi connectivity index (χ4n) is 3.70. The average molecular weight is 404 g/mol. The third kappa shape index (κ3) is 4.81. The van der Waals surface area contributed by atoms with Crippen LogP contribution in [0.4, 0.5) is 0 Å². The van der Waals surface area contributed by atoms with E-state index in [9.17, 15) is 4.79 Å². The Hall–Kier alpha value is -2.76. The largest absolute Gasteiger partial charge is 0.339 e. The Kier molecular flexibility index (Phi) is 6.17. The molecule has 0 bridgehead atoms. The number of amides is 1. The Balaban J connectivity index is 1.39. The molecule has 3 heterocycles. The van der Waals surface area contributed by atoms with Crippen LogP contribution in [0.5, 0.6) is 0 Å². The van der Waals surface area contributed by atoms with Crippen LogP contribution >= 0.6 is 11.3 Å². The molecule has 1 aliphatic heterocycles. The Morgan fingerprint density at radius 2 is 1.83 bits per heavy atom. The lowest BCUT2D eigenvalue weighted by molar-refractivity contribution is 0.0713. The van der Waals surface area contributed by atoms with E-state index in [1.165, 1.54) is 9.75 Å². The van der Waals surface area contributed by atoms with Gasteiger partial charge < -0.3 is 10.6 Å². The van der Waals surface area contributed by atoms with Gasteiger partial charge in [0.05, 0.1) is 5.56 Å². The monoisotopic (exact) mass is 403 g/mol. The van der Waals surface area contributed by atoms with Crippen LogP contribution in [-0.4, -0.2) is 28.9 Å². The molecule has 4 rings (SSSR count). The zero-order chi connectivity index (χ0) is 20.1. The van der Waals surface area contributed by atoms with Gasteiger partial charge in [-0.1, -0.05) is 42.5 Å². The van der Waals surface area contributed by atoms with Gasteiger partial charge >= 0.3 is 0 Å². The highest BCUT2D eigenvalue weighted by Crippen LogP contribution is 2.33. The molecule has 148 valence electrons. The van der Waals surface area contributed by atoms with Crippen molar-refractivity contribution >= 4 is 29.4 Å². The highest BCUT2D eigenvalue weighted by Gasteiger charge is 2.25. The average Bonchev–Trinajstić information content (AvgIpc) is 3.28. The molecule has 1 fully saturated rings. The number of pyridine rings is 1. The summed E-state index contributed by atoms with van der Waals surface area (Å²) in [5, 5.41) is 0. The highest BCUT2D eigenvalue weighted by atomic mass is 32.1. The maximum absolute atomic E-state index is 13.0. The van der Waals surface area contributed by atoms with Crippen LogP contribution in [0.1, 0.15) is 50.0 Å². The molecule has 29 heavy (non-hydrogen) atoms. The maximum Gasteiger partial charge on any atom is 0.255 e. The van der Waals surface area contributed by atoms with Crippen LogP contribution < -0.4 is 5.73 Å². The number of benzene rings is 1. The van der Waals surface area contributed by atoms with Gasteiger partial charge in [-0.2, -0.15) is 0 Å². The van der Waals surface area contributed by atoms with Gasteiger partial charge in [0.25, 0.3) is 5.91 Å². The standard InChI is InChI=1S/C24H25N3OS/c25-15-22-8-9-23(29-22)20-10-12-27(13-11-20)24(28)21-14-19(16-26-17-21)7-6-18-4-2-1-3-5-18/h1-9,14,16-17,20H,10-13,15,25H2. The topological polar surface area (TPSA) is 59.2 Å². The van der Waals surface area contributed by atoms with Gasteiger partial charge in [-0.3, -0.25) is 9.78 Å². The first kappa shape index (κ1) is 19.6. The number of likely N-dealkylation sites (tertiary alicyclic amines) is 1. The van der Waals surface area contributed by atoms with E-state index in [-0.39, 0.29) is 5.91 Å². The quantitative estimate of drug-likeness (QED) is 0.666. The van der Waals surface area contributed by atoms with Crippen LogP contribution in [0.3, 0.4) is 0 Å². The second-order valence-electron chi connectivity index (χ2n) is 7.33. The lowest BCUT2D eigenvalue weighted by Gasteiger charge is -2.31. The minimum Gasteiger partial charge on any atom is -0.339 e. The minimum absolute atomic E-state index is 0.0692. The Bertz CT molecular complexity index is 988. The smallest absolute Gasteiger partial charge is 0.255 e. The number of carbonyl (C=O) groups excluding carboxylic acids is 1. The van der Waals surface area contributed by atoms with Crippen LogP contribution in [-0.2, 0) is 6.54 Å². The molecule has 0 radical (unpaired) electrons. The van der Waals surface area contributed by atoms with Crippen molar-refractivity contribution in [2.75, 3.05) is 13.1 Å². The number of nitrogens with zero attached hydrogens (tertiary/aromatic N) is 2. The number of aromatic nitrogens is 1. The number of hydrogen-bond acceptors (Lipinski definition) is 4. The van der Waals surface area contributed by atoms with Gasteiger partial charge in [-0.25, -0.2) is 0 Å². The summed E-state index contributed by atoms with van der Waals surface area (Å²) in [6.45, 7) is 2.16. The third-order valence-electron chi connectivity index (χ3n) is 5.34. The van der Waals surface area contributed by atoms with Gasteiger partial charge in [0.2, 0.25) is 0 Å². The first-order chi connectivity index (χ1) is 14.2. The van der Waals surface area contributed by atoms with Crippen molar-refractivity contribution in [1.82, 2.24) is 9.88 Å². The second kappa shape index (κ2) is 9.16. The van der Waals surface area contributed by atoms with Crippen LogP contribution in [0.25, 0.3) is 12.2 Å². The molecule has 0 unspecified atom stereocenters. The normalized spacial score (nSPS) is 15.1. The molecule has 1 amide bonds. The Labute approximate surface area is 175 Å². The first-order valence-corrected chi connectivity index (χ1v) is 10.8. The Morgan fingerprint density at radius 3 is 2.55 bits per heavy atom. The SMILES string of the molecule is NCc1ccc(C2CCN(C(=O)c3cncc(C=Cc4ccccc4)c3)CC2)s1. The van der Waals surface area contributed by atoms with E-state index in [4.69, 9.17) is 5.73 Å². The molecule has 1 aromatic carbocycles. The molecule has 5 heteroatoms. The summed E-state index contributed by atoms with van der Waals surface area (Å²) in [4.78, 5) is 21.8. The number of piperidine rings is 1. The first-order valence-electron chi connectivity index (χ1n) is 9.99. The molecule has 0 saturated carbocycles. The molecular weight excluding hydrogens is 378 g/mol. The van der Waals surface area contributed by atoms with Crippen molar-refractivity contribution < 1.29 is 4.79 Å². The fraction of sp³-hybridized carbons (Fsp3) is 0.250.